The molecule has 1 aromatic carbocycles. The van der Waals surface area contributed by atoms with Gasteiger partial charge in [-0.3, -0.25) is 0 Å². The molecule has 0 atom stereocenters. The number of aryl methyl sites for hydroxylation is 2. The van der Waals surface area contributed by atoms with Gasteiger partial charge in [0.15, 0.2) is 0 Å². The molecule has 0 amide bonds. The average Bonchev–Trinajstić information content (AvgIpc) is 2.09. The van der Waals surface area contributed by atoms with Crippen molar-refractivity contribution >= 4 is 12.6 Å². The van der Waals surface area contributed by atoms with E-state index >= 15 is 0 Å². The number of thiol groups is 1. The zero-order valence-corrected chi connectivity index (χ0v) is 9.36. The van der Waals surface area contributed by atoms with Crippen LogP contribution < -0.4 is 0 Å². The van der Waals surface area contributed by atoms with Crippen molar-refractivity contribution in [3.05, 3.63) is 28.8 Å². The second-order valence-electron chi connectivity index (χ2n) is 3.23. The largest absolute Gasteiger partial charge is 0.508 e. The van der Waals surface area contributed by atoms with Crippen LogP contribution in [0.4, 0.5) is 0 Å². The molecule has 0 aliphatic carbocycles. The summed E-state index contributed by atoms with van der Waals surface area (Å²) in [7, 11) is 0. The van der Waals surface area contributed by atoms with Crippen molar-refractivity contribution in [2.75, 3.05) is 5.75 Å². The van der Waals surface area contributed by atoms with Crippen molar-refractivity contribution in [2.24, 2.45) is 0 Å². The zero-order valence-electron chi connectivity index (χ0n) is 8.46. The number of aromatic hydroxyl groups is 1. The van der Waals surface area contributed by atoms with Crippen LogP contribution in [0.5, 0.6) is 5.75 Å². The van der Waals surface area contributed by atoms with Gasteiger partial charge < -0.3 is 5.11 Å². The van der Waals surface area contributed by atoms with E-state index in [-0.39, 0.29) is 0 Å². The fraction of sp³-hybridized carbons (Fsp3) is 0.333. The van der Waals surface area contributed by atoms with Crippen LogP contribution in [0.15, 0.2) is 12.1 Å². The van der Waals surface area contributed by atoms with E-state index in [9.17, 15) is 5.11 Å². The summed E-state index contributed by atoms with van der Waals surface area (Å²) in [6.45, 7) is 3.91. The SMILES string of the molecule is Cc1cc(O)cc(C)c1C#CCCS. The van der Waals surface area contributed by atoms with Crippen LogP contribution in [0.1, 0.15) is 23.1 Å². The molecule has 0 unspecified atom stereocenters. The van der Waals surface area contributed by atoms with Crippen LogP contribution in [-0.4, -0.2) is 10.9 Å². The molecule has 0 aliphatic rings. The van der Waals surface area contributed by atoms with Crippen molar-refractivity contribution < 1.29 is 5.11 Å². The van der Waals surface area contributed by atoms with E-state index in [1.54, 1.807) is 12.1 Å². The van der Waals surface area contributed by atoms with Crippen molar-refractivity contribution in [1.29, 1.82) is 0 Å². The molecule has 0 spiro atoms. The van der Waals surface area contributed by atoms with Gasteiger partial charge in [-0.25, -0.2) is 0 Å². The summed E-state index contributed by atoms with van der Waals surface area (Å²) in [6, 6.07) is 3.47. The highest BCUT2D eigenvalue weighted by Crippen LogP contribution is 2.19. The Hall–Kier alpha value is -1.07. The molecule has 0 fully saturated rings. The lowest BCUT2D eigenvalue weighted by molar-refractivity contribution is 0.474. The first-order valence-electron chi connectivity index (χ1n) is 4.55. The normalized spacial score (nSPS) is 9.36. The topological polar surface area (TPSA) is 20.2 Å². The Balaban J connectivity index is 3.04. The third-order valence-corrected chi connectivity index (χ3v) is 2.19. The van der Waals surface area contributed by atoms with Gasteiger partial charge >= 0.3 is 0 Å². The minimum absolute atomic E-state index is 0.305. The lowest BCUT2D eigenvalue weighted by atomic mass is 10.0. The van der Waals surface area contributed by atoms with Crippen LogP contribution in [0.2, 0.25) is 0 Å². The van der Waals surface area contributed by atoms with E-state index in [0.717, 1.165) is 28.9 Å². The average molecular weight is 206 g/mol. The molecular formula is C12H14OS. The lowest BCUT2D eigenvalue weighted by Crippen LogP contribution is -1.87. The molecule has 1 aromatic rings. The molecule has 0 aliphatic heterocycles. The van der Waals surface area contributed by atoms with E-state index in [2.05, 4.69) is 24.5 Å². The summed E-state index contributed by atoms with van der Waals surface area (Å²) >= 11 is 4.09. The summed E-state index contributed by atoms with van der Waals surface area (Å²) in [5, 5.41) is 9.33. The Morgan fingerprint density at radius 2 is 1.86 bits per heavy atom. The van der Waals surface area contributed by atoms with E-state index in [1.807, 2.05) is 13.8 Å². The predicted octanol–water partition coefficient (Wildman–Crippen LogP) is 2.68. The molecule has 2 heteroatoms. The maximum atomic E-state index is 9.33. The minimum Gasteiger partial charge on any atom is -0.508 e. The molecule has 1 N–H and O–H groups in total. The molecule has 0 aromatic heterocycles. The quantitative estimate of drug-likeness (QED) is 0.534. The van der Waals surface area contributed by atoms with Crippen LogP contribution >= 0.6 is 12.6 Å². The van der Waals surface area contributed by atoms with Crippen LogP contribution in [0, 0.1) is 25.7 Å². The highest BCUT2D eigenvalue weighted by atomic mass is 32.1. The molecule has 0 saturated carbocycles. The van der Waals surface area contributed by atoms with Gasteiger partial charge in [-0.1, -0.05) is 11.8 Å². The van der Waals surface area contributed by atoms with Gasteiger partial charge in [0, 0.05) is 17.7 Å². The van der Waals surface area contributed by atoms with E-state index in [1.165, 1.54) is 0 Å². The molecule has 1 nitrogen and oxygen atoms in total. The number of phenolic OH excluding ortho intramolecular Hbond substituents is 1. The fourth-order valence-corrected chi connectivity index (χ4v) is 1.46. The number of rotatable bonds is 1. The summed E-state index contributed by atoms with van der Waals surface area (Å²) in [4.78, 5) is 0. The Labute approximate surface area is 90.6 Å². The first-order chi connectivity index (χ1) is 6.65. The predicted molar refractivity (Wildman–Crippen MR) is 62.9 cm³/mol. The third-order valence-electron chi connectivity index (χ3n) is 1.97. The molecular weight excluding hydrogens is 192 g/mol. The summed E-state index contributed by atoms with van der Waals surface area (Å²) in [6.07, 6.45) is 0.795. The van der Waals surface area contributed by atoms with Crippen molar-refractivity contribution in [3.8, 4) is 17.6 Å². The highest BCUT2D eigenvalue weighted by molar-refractivity contribution is 7.80. The second kappa shape index (κ2) is 4.97. The molecule has 1 rings (SSSR count). The lowest BCUT2D eigenvalue weighted by Gasteiger charge is -2.03. The molecule has 0 heterocycles. The molecule has 74 valence electrons. The number of benzene rings is 1. The molecule has 14 heavy (non-hydrogen) atoms. The first kappa shape index (κ1) is 11.0. The van der Waals surface area contributed by atoms with E-state index < -0.39 is 0 Å². The van der Waals surface area contributed by atoms with Crippen molar-refractivity contribution in [1.82, 2.24) is 0 Å². The standard InChI is InChI=1S/C12H14OS/c1-9-7-11(13)8-10(2)12(9)5-3-4-6-14/h7-8,13-14H,4,6H2,1-2H3. The Morgan fingerprint density at radius 1 is 1.29 bits per heavy atom. The second-order valence-corrected chi connectivity index (χ2v) is 3.68. The van der Waals surface area contributed by atoms with E-state index in [4.69, 9.17) is 0 Å². The number of hydrogen-bond acceptors (Lipinski definition) is 2. The molecule has 0 bridgehead atoms. The maximum Gasteiger partial charge on any atom is 0.116 e. The Kier molecular flexibility index (Phi) is 3.91. The first-order valence-corrected chi connectivity index (χ1v) is 5.18. The summed E-state index contributed by atoms with van der Waals surface area (Å²) in [5.74, 6) is 7.23. The molecule has 0 radical (unpaired) electrons. The Bertz CT molecular complexity index is 362. The summed E-state index contributed by atoms with van der Waals surface area (Å²) in [5.41, 5.74) is 3.06. The number of phenols is 1. The third kappa shape index (κ3) is 2.71. The minimum atomic E-state index is 0.305. The number of hydrogen-bond donors (Lipinski definition) is 2. The summed E-state index contributed by atoms with van der Waals surface area (Å²) < 4.78 is 0. The van der Waals surface area contributed by atoms with Crippen LogP contribution in [0.25, 0.3) is 0 Å². The smallest absolute Gasteiger partial charge is 0.116 e. The van der Waals surface area contributed by atoms with Crippen LogP contribution in [0.3, 0.4) is 0 Å². The van der Waals surface area contributed by atoms with Gasteiger partial charge in [0.25, 0.3) is 0 Å². The zero-order chi connectivity index (χ0) is 10.6. The van der Waals surface area contributed by atoms with Crippen LogP contribution in [-0.2, 0) is 0 Å². The van der Waals surface area contributed by atoms with Gasteiger partial charge in [-0.05, 0) is 37.1 Å². The maximum absolute atomic E-state index is 9.33. The monoisotopic (exact) mass is 206 g/mol. The van der Waals surface area contributed by atoms with Crippen molar-refractivity contribution in [2.45, 2.75) is 20.3 Å². The Morgan fingerprint density at radius 3 is 2.36 bits per heavy atom. The van der Waals surface area contributed by atoms with Crippen molar-refractivity contribution in [3.63, 3.8) is 0 Å². The van der Waals surface area contributed by atoms with Gasteiger partial charge in [-0.2, -0.15) is 12.6 Å². The van der Waals surface area contributed by atoms with Gasteiger partial charge in [0.2, 0.25) is 0 Å². The highest BCUT2D eigenvalue weighted by Gasteiger charge is 2.01. The van der Waals surface area contributed by atoms with Gasteiger partial charge in [-0.15, -0.1) is 0 Å². The fourth-order valence-electron chi connectivity index (χ4n) is 1.34. The van der Waals surface area contributed by atoms with Gasteiger partial charge in [0.1, 0.15) is 5.75 Å². The molecule has 0 saturated heterocycles. The van der Waals surface area contributed by atoms with E-state index in [0.29, 0.717) is 5.75 Å². The van der Waals surface area contributed by atoms with Gasteiger partial charge in [0.05, 0.1) is 0 Å².